The van der Waals surface area contributed by atoms with Crippen LogP contribution in [0.25, 0.3) is 0 Å². The summed E-state index contributed by atoms with van der Waals surface area (Å²) >= 11 is 3.57. The lowest BCUT2D eigenvalue weighted by atomic mass is 9.89. The van der Waals surface area contributed by atoms with E-state index in [9.17, 15) is 13.6 Å². The van der Waals surface area contributed by atoms with E-state index in [0.29, 0.717) is 17.3 Å². The van der Waals surface area contributed by atoms with Crippen LogP contribution in [0.4, 0.5) is 8.78 Å². The Morgan fingerprint density at radius 3 is 2.60 bits per heavy atom. The van der Waals surface area contributed by atoms with Crippen LogP contribution in [0.1, 0.15) is 41.6 Å². The number of rotatable bonds is 3. The molecule has 1 fully saturated rings. The quantitative estimate of drug-likeness (QED) is 0.825. The van der Waals surface area contributed by atoms with Gasteiger partial charge in [0.1, 0.15) is 17.2 Å². The monoisotopic (exact) mass is 345 g/mol. The molecule has 1 saturated carbocycles. The van der Waals surface area contributed by atoms with E-state index >= 15 is 0 Å². The summed E-state index contributed by atoms with van der Waals surface area (Å²) in [4.78, 5) is 12.5. The molecule has 5 heteroatoms. The van der Waals surface area contributed by atoms with Crippen molar-refractivity contribution >= 4 is 21.8 Å². The molecule has 0 saturated heterocycles. The standard InChI is InChI=1S/C15H18BrF2NO/c1-9-2-7-12(17)13(14(9)18)15(20)19-8-10-3-5-11(16)6-4-10/h2,7,10-11H,3-6,8H2,1H3,(H,19,20). The Hall–Kier alpha value is -0.970. The number of hydrogen-bond donors (Lipinski definition) is 1. The van der Waals surface area contributed by atoms with Gasteiger partial charge in [-0.2, -0.15) is 0 Å². The Morgan fingerprint density at radius 1 is 1.30 bits per heavy atom. The Labute approximate surface area is 126 Å². The first-order chi connectivity index (χ1) is 9.49. The van der Waals surface area contributed by atoms with Gasteiger partial charge in [-0.1, -0.05) is 22.0 Å². The smallest absolute Gasteiger partial charge is 0.257 e. The third-order valence-corrected chi connectivity index (χ3v) is 4.75. The highest BCUT2D eigenvalue weighted by Gasteiger charge is 2.22. The predicted octanol–water partition coefficient (Wildman–Crippen LogP) is 3.96. The summed E-state index contributed by atoms with van der Waals surface area (Å²) in [5, 5.41) is 2.66. The Morgan fingerprint density at radius 2 is 1.95 bits per heavy atom. The molecule has 0 radical (unpaired) electrons. The van der Waals surface area contributed by atoms with E-state index in [0.717, 1.165) is 31.7 Å². The molecule has 0 spiro atoms. The highest BCUT2D eigenvalue weighted by Crippen LogP contribution is 2.28. The number of carbonyl (C=O) groups is 1. The van der Waals surface area contributed by atoms with Gasteiger partial charge < -0.3 is 5.32 Å². The maximum atomic E-state index is 13.8. The lowest BCUT2D eigenvalue weighted by Gasteiger charge is -2.25. The van der Waals surface area contributed by atoms with Crippen LogP contribution in [0.2, 0.25) is 0 Å². The molecule has 0 aromatic heterocycles. The molecular formula is C15H18BrF2NO. The van der Waals surface area contributed by atoms with Gasteiger partial charge in [-0.05, 0) is 50.2 Å². The Balaban J connectivity index is 1.97. The largest absolute Gasteiger partial charge is 0.352 e. The molecule has 0 unspecified atom stereocenters. The second-order valence-electron chi connectivity index (χ2n) is 5.38. The molecule has 1 amide bonds. The zero-order valence-corrected chi connectivity index (χ0v) is 13.0. The minimum absolute atomic E-state index is 0.274. The molecule has 0 heterocycles. The van der Waals surface area contributed by atoms with E-state index in [1.165, 1.54) is 13.0 Å². The number of aryl methyl sites for hydroxylation is 1. The highest BCUT2D eigenvalue weighted by atomic mass is 79.9. The molecule has 1 N–H and O–H groups in total. The van der Waals surface area contributed by atoms with Crippen molar-refractivity contribution in [2.45, 2.75) is 37.4 Å². The van der Waals surface area contributed by atoms with Gasteiger partial charge in [-0.3, -0.25) is 4.79 Å². The molecule has 0 aliphatic heterocycles. The summed E-state index contributed by atoms with van der Waals surface area (Å²) in [6.45, 7) is 1.99. The summed E-state index contributed by atoms with van der Waals surface area (Å²) in [7, 11) is 0. The zero-order valence-electron chi connectivity index (χ0n) is 11.4. The fraction of sp³-hybridized carbons (Fsp3) is 0.533. The van der Waals surface area contributed by atoms with Crippen LogP contribution in [-0.4, -0.2) is 17.3 Å². The first-order valence-corrected chi connectivity index (χ1v) is 7.77. The van der Waals surface area contributed by atoms with Crippen molar-refractivity contribution in [1.29, 1.82) is 0 Å². The van der Waals surface area contributed by atoms with Crippen molar-refractivity contribution in [2.75, 3.05) is 6.54 Å². The summed E-state index contributed by atoms with van der Waals surface area (Å²) in [5.41, 5.74) is -0.199. The number of nitrogens with one attached hydrogen (secondary N) is 1. The predicted molar refractivity (Wildman–Crippen MR) is 78.1 cm³/mol. The van der Waals surface area contributed by atoms with Crippen molar-refractivity contribution in [3.63, 3.8) is 0 Å². The third-order valence-electron chi connectivity index (χ3n) is 3.84. The molecule has 0 bridgehead atoms. The van der Waals surface area contributed by atoms with E-state index in [1.807, 2.05) is 0 Å². The molecule has 1 aromatic rings. The maximum Gasteiger partial charge on any atom is 0.257 e. The van der Waals surface area contributed by atoms with Gasteiger partial charge in [0, 0.05) is 11.4 Å². The molecule has 110 valence electrons. The lowest BCUT2D eigenvalue weighted by Crippen LogP contribution is -2.32. The molecular weight excluding hydrogens is 328 g/mol. The number of amides is 1. The molecule has 1 aromatic carbocycles. The second-order valence-corrected chi connectivity index (χ2v) is 6.68. The van der Waals surface area contributed by atoms with Crippen LogP contribution in [0.5, 0.6) is 0 Å². The molecule has 20 heavy (non-hydrogen) atoms. The molecule has 1 aliphatic rings. The number of hydrogen-bond acceptors (Lipinski definition) is 1. The van der Waals surface area contributed by atoms with Crippen LogP contribution in [-0.2, 0) is 0 Å². The van der Waals surface area contributed by atoms with Gasteiger partial charge in [0.05, 0.1) is 0 Å². The average Bonchev–Trinajstić information content (AvgIpc) is 2.43. The van der Waals surface area contributed by atoms with E-state index < -0.39 is 23.1 Å². The number of halogens is 3. The minimum atomic E-state index is -0.810. The van der Waals surface area contributed by atoms with Gasteiger partial charge in [-0.15, -0.1) is 0 Å². The first-order valence-electron chi connectivity index (χ1n) is 6.86. The number of alkyl halides is 1. The SMILES string of the molecule is Cc1ccc(F)c(C(=O)NCC2CCC(Br)CC2)c1F. The number of carbonyl (C=O) groups excluding carboxylic acids is 1. The van der Waals surface area contributed by atoms with Gasteiger partial charge in [-0.25, -0.2) is 8.78 Å². The van der Waals surface area contributed by atoms with Gasteiger partial charge >= 0.3 is 0 Å². The highest BCUT2D eigenvalue weighted by molar-refractivity contribution is 9.09. The lowest BCUT2D eigenvalue weighted by molar-refractivity contribution is 0.0935. The average molecular weight is 346 g/mol. The summed E-state index contributed by atoms with van der Waals surface area (Å²) in [6, 6.07) is 2.46. The molecule has 1 aliphatic carbocycles. The van der Waals surface area contributed by atoms with Gasteiger partial charge in [0.25, 0.3) is 5.91 Å². The molecule has 2 nitrogen and oxygen atoms in total. The fourth-order valence-corrected chi connectivity index (χ4v) is 3.04. The fourth-order valence-electron chi connectivity index (χ4n) is 2.52. The summed E-state index contributed by atoms with van der Waals surface area (Å²) in [6.07, 6.45) is 4.20. The van der Waals surface area contributed by atoms with Crippen molar-refractivity contribution in [3.05, 3.63) is 34.9 Å². The first kappa shape index (κ1) is 15.4. The van der Waals surface area contributed by atoms with Crippen LogP contribution in [0.3, 0.4) is 0 Å². The van der Waals surface area contributed by atoms with E-state index in [-0.39, 0.29) is 5.56 Å². The van der Waals surface area contributed by atoms with Crippen molar-refractivity contribution in [2.24, 2.45) is 5.92 Å². The maximum absolute atomic E-state index is 13.8. The van der Waals surface area contributed by atoms with Crippen LogP contribution in [0.15, 0.2) is 12.1 Å². The van der Waals surface area contributed by atoms with Crippen molar-refractivity contribution in [1.82, 2.24) is 5.32 Å². The van der Waals surface area contributed by atoms with Crippen LogP contribution in [0, 0.1) is 24.5 Å². The van der Waals surface area contributed by atoms with Crippen LogP contribution < -0.4 is 5.32 Å². The Bertz CT molecular complexity index is 499. The van der Waals surface area contributed by atoms with Crippen molar-refractivity contribution in [3.8, 4) is 0 Å². The third kappa shape index (κ3) is 3.57. The number of benzene rings is 1. The second kappa shape index (κ2) is 6.66. The van der Waals surface area contributed by atoms with E-state index in [4.69, 9.17) is 0 Å². The summed E-state index contributed by atoms with van der Waals surface area (Å²) < 4.78 is 27.4. The zero-order chi connectivity index (χ0) is 14.7. The summed E-state index contributed by atoms with van der Waals surface area (Å²) in [5.74, 6) is -1.85. The van der Waals surface area contributed by atoms with E-state index in [1.54, 1.807) is 0 Å². The molecule has 2 rings (SSSR count). The van der Waals surface area contributed by atoms with Gasteiger partial charge in [0.2, 0.25) is 0 Å². The normalized spacial score (nSPS) is 22.6. The van der Waals surface area contributed by atoms with Crippen LogP contribution >= 0.6 is 15.9 Å². The minimum Gasteiger partial charge on any atom is -0.352 e. The van der Waals surface area contributed by atoms with Gasteiger partial charge in [0.15, 0.2) is 0 Å². The topological polar surface area (TPSA) is 29.1 Å². The van der Waals surface area contributed by atoms with E-state index in [2.05, 4.69) is 21.2 Å². The Kier molecular flexibility index (Phi) is 5.13. The van der Waals surface area contributed by atoms with Crippen molar-refractivity contribution < 1.29 is 13.6 Å². The molecule has 0 atom stereocenters.